The average Bonchev–Trinajstić information content (AvgIpc) is 2.46. The lowest BCUT2D eigenvalue weighted by Gasteiger charge is -2.34. The fourth-order valence-corrected chi connectivity index (χ4v) is 2.90. The minimum atomic E-state index is -0.181. The molecule has 0 spiro atoms. The van der Waals surface area contributed by atoms with Gasteiger partial charge in [0.25, 0.3) is 0 Å². The maximum Gasteiger partial charge on any atom is 0.123 e. The van der Waals surface area contributed by atoms with E-state index in [4.69, 9.17) is 4.55 Å². The minimum Gasteiger partial charge on any atom is -0.330 e. The van der Waals surface area contributed by atoms with Crippen LogP contribution in [0.25, 0.3) is 0 Å². The van der Waals surface area contributed by atoms with Gasteiger partial charge in [0.1, 0.15) is 5.82 Å². The van der Waals surface area contributed by atoms with Gasteiger partial charge in [-0.3, -0.25) is 0 Å². The fraction of sp³-hybridized carbons (Fsp3) is 0.625. The molecule has 1 aromatic rings. The quantitative estimate of drug-likeness (QED) is 0.493. The molecular weight excluding hydrogens is 273 g/mol. The van der Waals surface area contributed by atoms with Gasteiger partial charge >= 0.3 is 0 Å². The van der Waals surface area contributed by atoms with Crippen molar-refractivity contribution >= 4 is 12.0 Å². The van der Waals surface area contributed by atoms with E-state index in [1.54, 1.807) is 0 Å². The van der Waals surface area contributed by atoms with Gasteiger partial charge in [-0.2, -0.15) is 0 Å². The van der Waals surface area contributed by atoms with Crippen LogP contribution in [0.1, 0.15) is 45.1 Å². The SMILES string of the molecule is CCCC(CC)(Cc1ccc(F)cc1)NCCCSO. The van der Waals surface area contributed by atoms with Crippen molar-refractivity contribution < 1.29 is 8.94 Å². The van der Waals surface area contributed by atoms with E-state index in [-0.39, 0.29) is 11.4 Å². The van der Waals surface area contributed by atoms with Gasteiger partial charge in [0, 0.05) is 11.3 Å². The fourth-order valence-electron chi connectivity index (χ4n) is 2.63. The molecule has 0 aromatic heterocycles. The number of hydrogen-bond donors (Lipinski definition) is 2. The van der Waals surface area contributed by atoms with Gasteiger partial charge in [-0.15, -0.1) is 0 Å². The average molecular weight is 299 g/mol. The molecule has 0 saturated heterocycles. The zero-order valence-corrected chi connectivity index (χ0v) is 13.3. The molecule has 0 heterocycles. The number of nitrogens with one attached hydrogen (secondary N) is 1. The normalized spacial score (nSPS) is 14.2. The van der Waals surface area contributed by atoms with Crippen molar-refractivity contribution in [1.29, 1.82) is 0 Å². The van der Waals surface area contributed by atoms with Crippen LogP contribution in [0.4, 0.5) is 4.39 Å². The molecule has 0 saturated carbocycles. The lowest BCUT2D eigenvalue weighted by Crippen LogP contribution is -2.47. The molecule has 4 heteroatoms. The first-order chi connectivity index (χ1) is 9.65. The molecule has 2 N–H and O–H groups in total. The van der Waals surface area contributed by atoms with Gasteiger partial charge in [-0.05, 0) is 62.0 Å². The van der Waals surface area contributed by atoms with Crippen LogP contribution in [-0.4, -0.2) is 22.4 Å². The third-order valence-corrected chi connectivity index (χ3v) is 4.24. The third-order valence-electron chi connectivity index (χ3n) is 3.77. The molecule has 20 heavy (non-hydrogen) atoms. The molecule has 1 aromatic carbocycles. The monoisotopic (exact) mass is 299 g/mol. The molecule has 1 atom stereocenters. The maximum atomic E-state index is 13.0. The maximum absolute atomic E-state index is 13.0. The highest BCUT2D eigenvalue weighted by molar-refractivity contribution is 7.93. The standard InChI is InChI=1S/C16H26FNOS/c1-3-10-16(4-2,18-11-5-12-20-19)13-14-6-8-15(17)9-7-14/h6-9,18-19H,3-5,10-13H2,1-2H3. The smallest absolute Gasteiger partial charge is 0.123 e. The van der Waals surface area contributed by atoms with Crippen molar-refractivity contribution in [3.05, 3.63) is 35.6 Å². The molecule has 1 rings (SSSR count). The Morgan fingerprint density at radius 1 is 1.25 bits per heavy atom. The molecule has 0 bridgehead atoms. The highest BCUT2D eigenvalue weighted by Crippen LogP contribution is 2.23. The Balaban J connectivity index is 2.68. The van der Waals surface area contributed by atoms with E-state index in [2.05, 4.69) is 19.2 Å². The van der Waals surface area contributed by atoms with Crippen LogP contribution in [0.3, 0.4) is 0 Å². The first-order valence-electron chi connectivity index (χ1n) is 7.41. The summed E-state index contributed by atoms with van der Waals surface area (Å²) in [6.45, 7) is 5.30. The van der Waals surface area contributed by atoms with Crippen molar-refractivity contribution in [3.8, 4) is 0 Å². The van der Waals surface area contributed by atoms with Gasteiger partial charge in [0.05, 0.1) is 0 Å². The second kappa shape index (κ2) is 9.37. The number of halogens is 1. The predicted molar refractivity (Wildman–Crippen MR) is 85.7 cm³/mol. The van der Waals surface area contributed by atoms with Gasteiger partial charge in [-0.25, -0.2) is 4.39 Å². The zero-order chi connectivity index (χ0) is 14.8. The van der Waals surface area contributed by atoms with E-state index in [0.29, 0.717) is 0 Å². The van der Waals surface area contributed by atoms with Gasteiger partial charge in [0.2, 0.25) is 0 Å². The summed E-state index contributed by atoms with van der Waals surface area (Å²) in [6.07, 6.45) is 5.15. The van der Waals surface area contributed by atoms with E-state index in [0.717, 1.165) is 56.4 Å². The van der Waals surface area contributed by atoms with E-state index in [1.165, 1.54) is 17.7 Å². The van der Waals surface area contributed by atoms with Crippen LogP contribution in [0, 0.1) is 5.82 Å². The Morgan fingerprint density at radius 2 is 1.95 bits per heavy atom. The molecule has 0 aliphatic rings. The van der Waals surface area contributed by atoms with E-state index < -0.39 is 0 Å². The van der Waals surface area contributed by atoms with Crippen molar-refractivity contribution in [3.63, 3.8) is 0 Å². The molecule has 1 unspecified atom stereocenters. The molecule has 0 aliphatic carbocycles. The molecule has 0 aliphatic heterocycles. The van der Waals surface area contributed by atoms with Gasteiger partial charge in [-0.1, -0.05) is 32.4 Å². The Hall–Kier alpha value is -0.580. The van der Waals surface area contributed by atoms with Gasteiger partial charge in [0.15, 0.2) is 0 Å². The van der Waals surface area contributed by atoms with Gasteiger partial charge < -0.3 is 9.87 Å². The second-order valence-electron chi connectivity index (χ2n) is 5.30. The first kappa shape index (κ1) is 17.5. The number of rotatable bonds is 10. The molecule has 0 fully saturated rings. The molecule has 2 nitrogen and oxygen atoms in total. The third kappa shape index (κ3) is 5.81. The zero-order valence-electron chi connectivity index (χ0n) is 12.5. The summed E-state index contributed by atoms with van der Waals surface area (Å²) in [6, 6.07) is 6.81. The van der Waals surface area contributed by atoms with Crippen LogP contribution >= 0.6 is 12.0 Å². The molecular formula is C16H26FNOS. The minimum absolute atomic E-state index is 0.0761. The van der Waals surface area contributed by atoms with Crippen LogP contribution in [0.2, 0.25) is 0 Å². The van der Waals surface area contributed by atoms with E-state index >= 15 is 0 Å². The van der Waals surface area contributed by atoms with E-state index in [9.17, 15) is 4.39 Å². The van der Waals surface area contributed by atoms with Crippen LogP contribution in [0.15, 0.2) is 24.3 Å². The summed E-state index contributed by atoms with van der Waals surface area (Å²) >= 11 is 0.897. The van der Waals surface area contributed by atoms with Crippen molar-refractivity contribution in [2.75, 3.05) is 12.3 Å². The van der Waals surface area contributed by atoms with Crippen LogP contribution < -0.4 is 5.32 Å². The predicted octanol–water partition coefficient (Wildman–Crippen LogP) is 4.50. The topological polar surface area (TPSA) is 32.3 Å². The summed E-state index contributed by atoms with van der Waals surface area (Å²) in [5.74, 6) is 0.578. The van der Waals surface area contributed by atoms with Crippen LogP contribution in [-0.2, 0) is 6.42 Å². The summed E-state index contributed by atoms with van der Waals surface area (Å²) in [5.41, 5.74) is 1.25. The Kier molecular flexibility index (Phi) is 8.19. The first-order valence-corrected chi connectivity index (χ1v) is 8.36. The lowest BCUT2D eigenvalue weighted by atomic mass is 9.84. The number of benzene rings is 1. The van der Waals surface area contributed by atoms with E-state index in [1.807, 2.05) is 12.1 Å². The van der Waals surface area contributed by atoms with Crippen molar-refractivity contribution in [2.24, 2.45) is 0 Å². The summed E-state index contributed by atoms with van der Waals surface area (Å²) in [7, 11) is 0. The number of hydrogen-bond acceptors (Lipinski definition) is 3. The highest BCUT2D eigenvalue weighted by Gasteiger charge is 2.26. The largest absolute Gasteiger partial charge is 0.330 e. The van der Waals surface area contributed by atoms with Crippen LogP contribution in [0.5, 0.6) is 0 Å². The molecule has 0 radical (unpaired) electrons. The second-order valence-corrected chi connectivity index (χ2v) is 5.97. The highest BCUT2D eigenvalue weighted by atomic mass is 32.2. The Morgan fingerprint density at radius 3 is 2.50 bits per heavy atom. The lowest BCUT2D eigenvalue weighted by molar-refractivity contribution is 0.286. The molecule has 114 valence electrons. The Labute approximate surface area is 126 Å². The van der Waals surface area contributed by atoms with Crippen molar-refractivity contribution in [1.82, 2.24) is 5.32 Å². The summed E-state index contributed by atoms with van der Waals surface area (Å²) in [5, 5.41) is 3.66. The summed E-state index contributed by atoms with van der Waals surface area (Å²) < 4.78 is 21.8. The molecule has 0 amide bonds. The Bertz CT molecular complexity index is 371. The van der Waals surface area contributed by atoms with Crippen molar-refractivity contribution in [2.45, 2.75) is 51.5 Å². The summed E-state index contributed by atoms with van der Waals surface area (Å²) in [4.78, 5) is 0.